The Morgan fingerprint density at radius 3 is 2.81 bits per heavy atom. The van der Waals surface area contributed by atoms with Crippen molar-refractivity contribution >= 4 is 17.5 Å². The molecule has 1 amide bonds. The zero-order chi connectivity index (χ0) is 14.8. The van der Waals surface area contributed by atoms with Crippen LogP contribution in [0.3, 0.4) is 0 Å². The lowest BCUT2D eigenvalue weighted by molar-refractivity contribution is 0.0717. The van der Waals surface area contributed by atoms with Gasteiger partial charge in [0, 0.05) is 18.6 Å². The van der Waals surface area contributed by atoms with E-state index in [9.17, 15) is 9.90 Å². The van der Waals surface area contributed by atoms with Gasteiger partial charge in [-0.05, 0) is 50.4 Å². The minimum Gasteiger partial charge on any atom is -0.508 e. The smallest absolute Gasteiger partial charge is 0.255 e. The second-order valence-electron chi connectivity index (χ2n) is 6.00. The van der Waals surface area contributed by atoms with E-state index in [4.69, 9.17) is 11.6 Å². The van der Waals surface area contributed by atoms with Gasteiger partial charge in [0.15, 0.2) is 0 Å². The van der Waals surface area contributed by atoms with Gasteiger partial charge in [0.1, 0.15) is 5.75 Å². The fourth-order valence-corrected chi connectivity index (χ4v) is 3.13. The third-order valence-electron chi connectivity index (χ3n) is 4.26. The van der Waals surface area contributed by atoms with Crippen molar-refractivity contribution in [2.75, 3.05) is 13.1 Å². The molecule has 1 aliphatic heterocycles. The van der Waals surface area contributed by atoms with Gasteiger partial charge in [-0.15, -0.1) is 0 Å². The quantitative estimate of drug-likeness (QED) is 0.899. The number of halogens is 1. The number of hydrogen-bond donors (Lipinski definition) is 2. The third-order valence-corrected chi connectivity index (χ3v) is 4.59. The minimum absolute atomic E-state index is 0.0641. The molecule has 1 heterocycles. The van der Waals surface area contributed by atoms with E-state index < -0.39 is 0 Å². The maximum Gasteiger partial charge on any atom is 0.255 e. The number of carbonyl (C=O) groups excluding carboxylic acids is 1. The van der Waals surface area contributed by atoms with Crippen LogP contribution in [0.5, 0.6) is 5.75 Å². The topological polar surface area (TPSA) is 52.6 Å². The number of hydrogen-bond acceptors (Lipinski definition) is 3. The van der Waals surface area contributed by atoms with Crippen LogP contribution >= 0.6 is 11.6 Å². The van der Waals surface area contributed by atoms with E-state index in [2.05, 4.69) is 5.32 Å². The van der Waals surface area contributed by atoms with Crippen LogP contribution in [0.4, 0.5) is 0 Å². The van der Waals surface area contributed by atoms with Gasteiger partial charge in [-0.1, -0.05) is 18.0 Å². The van der Waals surface area contributed by atoms with Gasteiger partial charge < -0.3 is 15.3 Å². The highest BCUT2D eigenvalue weighted by Gasteiger charge is 2.35. The van der Waals surface area contributed by atoms with Crippen LogP contribution in [0.25, 0.3) is 0 Å². The molecule has 2 aliphatic rings. The highest BCUT2D eigenvalue weighted by molar-refractivity contribution is 6.33. The third kappa shape index (κ3) is 3.50. The summed E-state index contributed by atoms with van der Waals surface area (Å²) < 4.78 is 0. The highest BCUT2D eigenvalue weighted by atomic mass is 35.5. The Morgan fingerprint density at radius 1 is 1.33 bits per heavy atom. The zero-order valence-electron chi connectivity index (χ0n) is 12.0. The van der Waals surface area contributed by atoms with Crippen molar-refractivity contribution in [3.05, 3.63) is 28.8 Å². The molecular formula is C16H21ClN2O2. The number of benzene rings is 1. The summed E-state index contributed by atoms with van der Waals surface area (Å²) in [4.78, 5) is 14.7. The number of phenols is 1. The van der Waals surface area contributed by atoms with Crippen molar-refractivity contribution in [3.63, 3.8) is 0 Å². The molecule has 0 bridgehead atoms. The summed E-state index contributed by atoms with van der Waals surface area (Å²) in [5.41, 5.74) is 0.402. The Balaban J connectivity index is 1.76. The molecule has 114 valence electrons. The van der Waals surface area contributed by atoms with E-state index in [1.807, 2.05) is 4.90 Å². The van der Waals surface area contributed by atoms with E-state index in [1.54, 1.807) is 6.07 Å². The summed E-state index contributed by atoms with van der Waals surface area (Å²) in [5.74, 6) is 0.0139. The Bertz CT molecular complexity index is 525. The summed E-state index contributed by atoms with van der Waals surface area (Å²) in [6, 6.07) is 5.25. The summed E-state index contributed by atoms with van der Waals surface area (Å²) in [5, 5.41) is 13.5. The van der Waals surface area contributed by atoms with Crippen LogP contribution in [0.15, 0.2) is 18.2 Å². The molecule has 0 radical (unpaired) electrons. The predicted molar refractivity (Wildman–Crippen MR) is 82.8 cm³/mol. The predicted octanol–water partition coefficient (Wildman–Crippen LogP) is 2.79. The largest absolute Gasteiger partial charge is 0.508 e. The molecule has 1 aromatic rings. The molecule has 1 unspecified atom stereocenters. The molecule has 2 fully saturated rings. The number of carbonyl (C=O) groups is 1. The van der Waals surface area contributed by atoms with Crippen LogP contribution in [-0.4, -0.2) is 41.1 Å². The van der Waals surface area contributed by atoms with Crippen molar-refractivity contribution in [2.45, 2.75) is 44.2 Å². The summed E-state index contributed by atoms with van der Waals surface area (Å²) in [6.07, 6.45) is 5.68. The highest BCUT2D eigenvalue weighted by Crippen LogP contribution is 2.31. The molecular weight excluding hydrogens is 288 g/mol. The molecule has 0 spiro atoms. The lowest BCUT2D eigenvalue weighted by Gasteiger charge is -2.31. The standard InChI is InChI=1S/C16H21ClN2O2/c17-15-7-6-13(20)9-14(15)16(21)19(12-4-5-12)10-11-3-1-2-8-18-11/h6-7,9,11-12,18,20H,1-5,8,10H2. The van der Waals surface area contributed by atoms with Crippen molar-refractivity contribution in [3.8, 4) is 5.75 Å². The van der Waals surface area contributed by atoms with Gasteiger partial charge in [-0.3, -0.25) is 4.79 Å². The normalized spacial score (nSPS) is 22.0. The van der Waals surface area contributed by atoms with Crippen molar-refractivity contribution in [1.29, 1.82) is 0 Å². The van der Waals surface area contributed by atoms with E-state index in [0.29, 0.717) is 22.7 Å². The van der Waals surface area contributed by atoms with Crippen LogP contribution < -0.4 is 5.32 Å². The molecule has 4 nitrogen and oxygen atoms in total. The van der Waals surface area contributed by atoms with Gasteiger partial charge in [0.2, 0.25) is 0 Å². The second-order valence-corrected chi connectivity index (χ2v) is 6.41. The number of amides is 1. The van der Waals surface area contributed by atoms with Gasteiger partial charge >= 0.3 is 0 Å². The molecule has 1 atom stereocenters. The number of nitrogens with one attached hydrogen (secondary N) is 1. The maximum absolute atomic E-state index is 12.8. The Morgan fingerprint density at radius 2 is 2.14 bits per heavy atom. The first kappa shape index (κ1) is 14.7. The van der Waals surface area contributed by atoms with E-state index in [-0.39, 0.29) is 11.7 Å². The minimum atomic E-state index is -0.0641. The first-order valence-corrected chi connectivity index (χ1v) is 8.06. The summed E-state index contributed by atoms with van der Waals surface area (Å²) in [7, 11) is 0. The molecule has 1 saturated carbocycles. The Labute approximate surface area is 130 Å². The van der Waals surface area contributed by atoms with Crippen LogP contribution in [-0.2, 0) is 0 Å². The number of nitrogens with zero attached hydrogens (tertiary/aromatic N) is 1. The van der Waals surface area contributed by atoms with Crippen molar-refractivity contribution in [1.82, 2.24) is 10.2 Å². The SMILES string of the molecule is O=C(c1cc(O)ccc1Cl)N(CC1CCCCN1)C1CC1. The molecule has 3 rings (SSSR count). The van der Waals surface area contributed by atoms with E-state index in [1.165, 1.54) is 25.0 Å². The number of phenolic OH excluding ortho intramolecular Hbond substituents is 1. The molecule has 1 saturated heterocycles. The molecule has 2 N–H and O–H groups in total. The molecule has 1 aromatic carbocycles. The summed E-state index contributed by atoms with van der Waals surface area (Å²) >= 11 is 6.13. The van der Waals surface area contributed by atoms with E-state index >= 15 is 0 Å². The average Bonchev–Trinajstić information content (AvgIpc) is 3.32. The number of piperidine rings is 1. The monoisotopic (exact) mass is 308 g/mol. The lowest BCUT2D eigenvalue weighted by Crippen LogP contribution is -2.46. The second kappa shape index (κ2) is 6.24. The maximum atomic E-state index is 12.8. The average molecular weight is 309 g/mol. The Hall–Kier alpha value is -1.26. The number of rotatable bonds is 4. The molecule has 1 aliphatic carbocycles. The van der Waals surface area contributed by atoms with Crippen molar-refractivity contribution < 1.29 is 9.90 Å². The first-order valence-electron chi connectivity index (χ1n) is 7.68. The van der Waals surface area contributed by atoms with Gasteiger partial charge in [0.05, 0.1) is 10.6 Å². The van der Waals surface area contributed by atoms with Gasteiger partial charge in [-0.25, -0.2) is 0 Å². The fraction of sp³-hybridized carbons (Fsp3) is 0.562. The van der Waals surface area contributed by atoms with Gasteiger partial charge in [-0.2, -0.15) is 0 Å². The van der Waals surface area contributed by atoms with E-state index in [0.717, 1.165) is 32.4 Å². The van der Waals surface area contributed by atoms with Crippen LogP contribution in [0.2, 0.25) is 5.02 Å². The first-order chi connectivity index (χ1) is 10.1. The fourth-order valence-electron chi connectivity index (χ4n) is 2.93. The van der Waals surface area contributed by atoms with Crippen LogP contribution in [0, 0.1) is 0 Å². The van der Waals surface area contributed by atoms with Gasteiger partial charge in [0.25, 0.3) is 5.91 Å². The zero-order valence-corrected chi connectivity index (χ0v) is 12.8. The van der Waals surface area contributed by atoms with Crippen molar-refractivity contribution in [2.24, 2.45) is 0 Å². The van der Waals surface area contributed by atoms with Crippen LogP contribution in [0.1, 0.15) is 42.5 Å². The Kier molecular flexibility index (Phi) is 4.36. The molecule has 5 heteroatoms. The summed E-state index contributed by atoms with van der Waals surface area (Å²) in [6.45, 7) is 1.76. The lowest BCUT2D eigenvalue weighted by atomic mass is 10.0. The molecule has 21 heavy (non-hydrogen) atoms. The molecule has 0 aromatic heterocycles. The number of aromatic hydroxyl groups is 1.